The highest BCUT2D eigenvalue weighted by atomic mass is 19.4. The van der Waals surface area contributed by atoms with Crippen molar-refractivity contribution in [1.29, 1.82) is 10.7 Å². The average Bonchev–Trinajstić information content (AvgIpc) is 2.59. The molecule has 0 aliphatic rings. The van der Waals surface area contributed by atoms with Crippen LogP contribution in [0.2, 0.25) is 0 Å². The number of hydrazone groups is 1. The number of benzene rings is 1. The summed E-state index contributed by atoms with van der Waals surface area (Å²) in [6.07, 6.45) is -9.42. The molecule has 0 bridgehead atoms. The van der Waals surface area contributed by atoms with Crippen molar-refractivity contribution in [1.82, 2.24) is 0 Å². The van der Waals surface area contributed by atoms with Crippen LogP contribution in [0.1, 0.15) is 31.9 Å². The Bertz CT molecular complexity index is 915. The van der Waals surface area contributed by atoms with Crippen LogP contribution in [0.25, 0.3) is 0 Å². The summed E-state index contributed by atoms with van der Waals surface area (Å²) in [5, 5.41) is 29.6. The Morgan fingerprint density at radius 2 is 1.57 bits per heavy atom. The van der Waals surface area contributed by atoms with E-state index in [0.717, 1.165) is 6.08 Å². The molecule has 0 aliphatic heterocycles. The highest BCUT2D eigenvalue weighted by Crippen LogP contribution is 2.37. The van der Waals surface area contributed by atoms with Crippen molar-refractivity contribution in [2.45, 2.75) is 33.1 Å². The quantitative estimate of drug-likeness (QED) is 0.259. The highest BCUT2D eigenvalue weighted by Gasteiger charge is 2.37. The van der Waals surface area contributed by atoms with E-state index in [2.05, 4.69) is 5.10 Å². The van der Waals surface area contributed by atoms with Gasteiger partial charge in [-0.15, -0.1) is 0 Å². The van der Waals surface area contributed by atoms with Gasteiger partial charge in [0.2, 0.25) is 11.5 Å². The molecule has 0 saturated heterocycles. The van der Waals surface area contributed by atoms with Crippen molar-refractivity contribution in [3.05, 3.63) is 41.2 Å². The number of hydrogen-bond acceptors (Lipinski definition) is 6. The molecule has 0 heterocycles. The fourth-order valence-corrected chi connectivity index (χ4v) is 1.81. The number of carbonyl (C=O) groups excluding carboxylic acids is 1. The molecule has 0 amide bonds. The molecule has 0 atom stereocenters. The van der Waals surface area contributed by atoms with E-state index in [0.29, 0.717) is 12.1 Å². The second-order valence-corrected chi connectivity index (χ2v) is 7.00. The number of nitriles is 1. The van der Waals surface area contributed by atoms with E-state index < -0.39 is 51.8 Å². The second-order valence-electron chi connectivity index (χ2n) is 7.00. The lowest BCUT2D eigenvalue weighted by Gasteiger charge is -2.17. The van der Waals surface area contributed by atoms with Gasteiger partial charge in [-0.05, 0) is 18.2 Å². The van der Waals surface area contributed by atoms with Gasteiger partial charge in [0.05, 0.1) is 22.6 Å². The van der Waals surface area contributed by atoms with Gasteiger partial charge >= 0.3 is 12.4 Å². The molecule has 1 aromatic carbocycles. The van der Waals surface area contributed by atoms with Crippen LogP contribution in [-0.4, -0.2) is 22.3 Å². The van der Waals surface area contributed by atoms with Gasteiger partial charge in [0.15, 0.2) is 0 Å². The number of anilines is 1. The number of hydrogen-bond donors (Lipinski definition) is 3. The van der Waals surface area contributed by atoms with Gasteiger partial charge in [-0.25, -0.2) is 0 Å². The Labute approximate surface area is 167 Å². The zero-order chi connectivity index (χ0) is 23.5. The van der Waals surface area contributed by atoms with Crippen LogP contribution in [0, 0.1) is 22.2 Å². The molecule has 0 unspecified atom stereocenters. The first kappa shape index (κ1) is 24.7. The molecule has 0 aliphatic carbocycles. The third kappa shape index (κ3) is 6.61. The summed E-state index contributed by atoms with van der Waals surface area (Å²) in [7, 11) is 0. The number of nitrogens with zero attached hydrogens (tertiary/aromatic N) is 2. The van der Waals surface area contributed by atoms with Crippen molar-refractivity contribution >= 4 is 22.9 Å². The summed E-state index contributed by atoms with van der Waals surface area (Å²) in [5.74, 6) is -1.66. The third-order valence-corrected chi connectivity index (χ3v) is 3.50. The fourth-order valence-electron chi connectivity index (χ4n) is 1.81. The molecule has 0 saturated carbocycles. The minimum atomic E-state index is -5.09. The lowest BCUT2D eigenvalue weighted by Crippen LogP contribution is -2.23. The second kappa shape index (κ2) is 8.56. The number of ketones is 1. The topological polar surface area (TPSA) is 109 Å². The van der Waals surface area contributed by atoms with E-state index in [1.54, 1.807) is 26.2 Å². The minimum Gasteiger partial charge on any atom is -0.512 e. The monoisotopic (exact) mass is 434 g/mol. The highest BCUT2D eigenvalue weighted by molar-refractivity contribution is 6.71. The van der Waals surface area contributed by atoms with Crippen LogP contribution in [0.4, 0.5) is 32.0 Å². The Kier molecular flexibility index (Phi) is 7.04. The summed E-state index contributed by atoms with van der Waals surface area (Å²) >= 11 is 0. The van der Waals surface area contributed by atoms with Gasteiger partial charge in [0.1, 0.15) is 11.8 Å². The Morgan fingerprint density at radius 1 is 1.10 bits per heavy atom. The van der Waals surface area contributed by atoms with Gasteiger partial charge in [-0.1, -0.05) is 20.8 Å². The molecule has 0 spiro atoms. The van der Waals surface area contributed by atoms with Crippen LogP contribution >= 0.6 is 0 Å². The van der Waals surface area contributed by atoms with E-state index in [-0.39, 0.29) is 11.8 Å². The van der Waals surface area contributed by atoms with Gasteiger partial charge in [-0.2, -0.15) is 36.7 Å². The zero-order valence-electron chi connectivity index (χ0n) is 15.8. The maximum atomic E-state index is 12.9. The van der Waals surface area contributed by atoms with Crippen LogP contribution in [0.3, 0.4) is 0 Å². The van der Waals surface area contributed by atoms with E-state index in [4.69, 9.17) is 10.7 Å². The molecule has 162 valence electrons. The lowest BCUT2D eigenvalue weighted by atomic mass is 9.92. The molecular formula is C18H16F6N4O2. The maximum absolute atomic E-state index is 12.9. The molecule has 30 heavy (non-hydrogen) atoms. The van der Waals surface area contributed by atoms with Crippen LogP contribution in [0.5, 0.6) is 0 Å². The summed E-state index contributed by atoms with van der Waals surface area (Å²) in [5.41, 5.74) is -4.90. The molecule has 0 radical (unpaired) electrons. The summed E-state index contributed by atoms with van der Waals surface area (Å²) in [6.45, 7) is 4.72. The predicted octanol–water partition coefficient (Wildman–Crippen LogP) is 5.09. The molecule has 6 nitrogen and oxygen atoms in total. The van der Waals surface area contributed by atoms with Crippen LogP contribution in [0.15, 0.2) is 35.1 Å². The molecule has 0 fully saturated rings. The number of halogens is 6. The summed E-state index contributed by atoms with van der Waals surface area (Å²) < 4.78 is 77.1. The first-order valence-electron chi connectivity index (χ1n) is 8.04. The number of aliphatic hydroxyl groups excluding tert-OH is 1. The SMILES string of the molecule is CC(C)(C)/C(O)=C/C(=N)C(=O)/C(C#N)=N/Nc1cc(C(F)(F)F)cc(C(F)(F)F)c1. The third-order valence-electron chi connectivity index (χ3n) is 3.50. The molecule has 0 aromatic heterocycles. The van der Waals surface area contributed by atoms with Crippen molar-refractivity contribution in [2.75, 3.05) is 5.43 Å². The van der Waals surface area contributed by atoms with Crippen molar-refractivity contribution in [3.8, 4) is 6.07 Å². The summed E-state index contributed by atoms with van der Waals surface area (Å²) in [6, 6.07) is 1.83. The predicted molar refractivity (Wildman–Crippen MR) is 96.0 cm³/mol. The number of allylic oxidation sites excluding steroid dienone is 2. The molecule has 1 rings (SSSR count). The van der Waals surface area contributed by atoms with E-state index >= 15 is 0 Å². The van der Waals surface area contributed by atoms with Crippen molar-refractivity contribution in [2.24, 2.45) is 10.5 Å². The average molecular weight is 434 g/mol. The Hall–Kier alpha value is -3.36. The minimum absolute atomic E-state index is 0.0962. The molecular weight excluding hydrogens is 418 g/mol. The number of aliphatic hydroxyl groups is 1. The van der Waals surface area contributed by atoms with Crippen LogP contribution < -0.4 is 5.43 Å². The van der Waals surface area contributed by atoms with Gasteiger partial charge in [0.25, 0.3) is 0 Å². The molecule has 3 N–H and O–H groups in total. The van der Waals surface area contributed by atoms with Gasteiger partial charge in [0, 0.05) is 11.5 Å². The number of alkyl halides is 6. The molecule has 1 aromatic rings. The van der Waals surface area contributed by atoms with E-state index in [1.807, 2.05) is 0 Å². The standard InChI is InChI=1S/C18H16F6N4O2/c1-16(2,3)14(29)7-12(26)15(30)13(8-25)28-27-11-5-9(17(19,20)21)4-10(6-11)18(22,23)24/h4-7,26-27,29H,1-3H3/b14-7-,26-12?,28-13+. The fraction of sp³-hybridized carbons (Fsp3) is 0.333. The van der Waals surface area contributed by atoms with Crippen molar-refractivity contribution in [3.63, 3.8) is 0 Å². The van der Waals surface area contributed by atoms with Gasteiger partial charge < -0.3 is 5.11 Å². The first-order valence-corrected chi connectivity index (χ1v) is 8.04. The Balaban J connectivity index is 3.27. The van der Waals surface area contributed by atoms with Crippen molar-refractivity contribution < 1.29 is 36.2 Å². The molecule has 12 heteroatoms. The van der Waals surface area contributed by atoms with Crippen LogP contribution in [-0.2, 0) is 17.1 Å². The number of carbonyl (C=O) groups is 1. The van der Waals surface area contributed by atoms with E-state index in [1.165, 1.54) is 6.07 Å². The largest absolute Gasteiger partial charge is 0.512 e. The first-order chi connectivity index (χ1) is 13.5. The Morgan fingerprint density at radius 3 is 1.93 bits per heavy atom. The zero-order valence-corrected chi connectivity index (χ0v) is 15.8. The maximum Gasteiger partial charge on any atom is 0.416 e. The summed E-state index contributed by atoms with van der Waals surface area (Å²) in [4.78, 5) is 12.1. The van der Waals surface area contributed by atoms with E-state index in [9.17, 15) is 36.2 Å². The number of Topliss-reactive ketones (excluding diaryl/α,β-unsaturated/α-hetero) is 1. The number of nitrogens with one attached hydrogen (secondary N) is 2. The van der Waals surface area contributed by atoms with Gasteiger partial charge in [-0.3, -0.25) is 15.6 Å². The lowest BCUT2D eigenvalue weighted by molar-refractivity contribution is -0.143. The number of rotatable bonds is 5. The smallest absolute Gasteiger partial charge is 0.416 e. The normalized spacial score (nSPS) is 13.6.